The number of carboxylic acid groups (broad SMARTS) is 1. The zero-order chi connectivity index (χ0) is 14.0. The van der Waals surface area contributed by atoms with Crippen molar-refractivity contribution in [1.29, 1.82) is 0 Å². The molecule has 7 heteroatoms. The Morgan fingerprint density at radius 1 is 1.22 bits per heavy atom. The van der Waals surface area contributed by atoms with Crippen molar-refractivity contribution in [1.82, 2.24) is 10.2 Å². The molecule has 0 bridgehead atoms. The first-order chi connectivity index (χ1) is 8.54. The van der Waals surface area contributed by atoms with Crippen LogP contribution < -0.4 is 5.32 Å². The van der Waals surface area contributed by atoms with Crippen molar-refractivity contribution in [2.45, 2.75) is 32.2 Å². The van der Waals surface area contributed by atoms with E-state index in [0.717, 1.165) is 6.42 Å². The number of carbonyl (C=O) groups excluding carboxylic acids is 1. The molecule has 0 fully saturated rings. The van der Waals surface area contributed by atoms with Crippen molar-refractivity contribution in [2.75, 3.05) is 26.3 Å². The molecule has 7 nitrogen and oxygen atoms in total. The number of nitrogens with zero attached hydrogens (tertiary/aromatic N) is 1. The highest BCUT2D eigenvalue weighted by Gasteiger charge is 2.18. The molecule has 0 aromatic heterocycles. The Morgan fingerprint density at radius 2 is 1.78 bits per heavy atom. The van der Waals surface area contributed by atoms with E-state index < -0.39 is 18.0 Å². The quantitative estimate of drug-likeness (QED) is 0.453. The normalized spacial score (nSPS) is 11.9. The van der Waals surface area contributed by atoms with Gasteiger partial charge in [-0.05, 0) is 6.42 Å². The van der Waals surface area contributed by atoms with Gasteiger partial charge in [-0.2, -0.15) is 0 Å². The SMILES string of the molecule is CCCC(CC(=O)O)NC(=O)N(CCO)CCO. The van der Waals surface area contributed by atoms with Crippen LogP contribution >= 0.6 is 0 Å². The van der Waals surface area contributed by atoms with Gasteiger partial charge in [0, 0.05) is 19.1 Å². The molecule has 1 unspecified atom stereocenters. The zero-order valence-electron chi connectivity index (χ0n) is 10.6. The van der Waals surface area contributed by atoms with Crippen LogP contribution in [0.1, 0.15) is 26.2 Å². The third kappa shape index (κ3) is 7.08. The second kappa shape index (κ2) is 9.67. The number of nitrogens with one attached hydrogen (secondary N) is 1. The molecule has 18 heavy (non-hydrogen) atoms. The summed E-state index contributed by atoms with van der Waals surface area (Å²) >= 11 is 0. The van der Waals surface area contributed by atoms with Crippen LogP contribution in [-0.2, 0) is 4.79 Å². The number of carboxylic acids is 1. The standard InChI is InChI=1S/C11H22N2O5/c1-2-3-9(8-10(16)17)12-11(18)13(4-6-14)5-7-15/h9,14-15H,2-8H2,1H3,(H,12,18)(H,16,17). The number of hydrogen-bond donors (Lipinski definition) is 4. The van der Waals surface area contributed by atoms with Gasteiger partial charge >= 0.3 is 12.0 Å². The van der Waals surface area contributed by atoms with E-state index in [1.807, 2.05) is 6.92 Å². The van der Waals surface area contributed by atoms with E-state index in [1.165, 1.54) is 4.90 Å². The molecule has 106 valence electrons. The largest absolute Gasteiger partial charge is 0.481 e. The number of carbonyl (C=O) groups is 2. The van der Waals surface area contributed by atoms with Gasteiger partial charge in [0.1, 0.15) is 0 Å². The molecule has 0 aliphatic rings. The first-order valence-electron chi connectivity index (χ1n) is 6.04. The predicted octanol–water partition coefficient (Wildman–Crippen LogP) is -0.374. The maximum atomic E-state index is 11.8. The van der Waals surface area contributed by atoms with Crippen LogP contribution in [0.3, 0.4) is 0 Å². The van der Waals surface area contributed by atoms with Crippen LogP contribution in [0.2, 0.25) is 0 Å². The van der Waals surface area contributed by atoms with Crippen molar-refractivity contribution in [3.63, 3.8) is 0 Å². The summed E-state index contributed by atoms with van der Waals surface area (Å²) in [6.07, 6.45) is 1.20. The molecule has 0 aromatic carbocycles. The Hall–Kier alpha value is -1.34. The van der Waals surface area contributed by atoms with Gasteiger partial charge in [0.2, 0.25) is 0 Å². The zero-order valence-corrected chi connectivity index (χ0v) is 10.6. The Labute approximate surface area is 106 Å². The smallest absolute Gasteiger partial charge is 0.317 e. The summed E-state index contributed by atoms with van der Waals surface area (Å²) in [5.74, 6) is -0.968. The summed E-state index contributed by atoms with van der Waals surface area (Å²) in [7, 11) is 0. The van der Waals surface area contributed by atoms with E-state index in [4.69, 9.17) is 15.3 Å². The summed E-state index contributed by atoms with van der Waals surface area (Å²) in [5.41, 5.74) is 0. The van der Waals surface area contributed by atoms with Gasteiger partial charge in [-0.3, -0.25) is 4.79 Å². The van der Waals surface area contributed by atoms with Crippen molar-refractivity contribution >= 4 is 12.0 Å². The Balaban J connectivity index is 4.38. The lowest BCUT2D eigenvalue weighted by Gasteiger charge is -2.24. The second-order valence-corrected chi connectivity index (χ2v) is 3.97. The number of aliphatic carboxylic acids is 1. The molecule has 1 atom stereocenters. The minimum absolute atomic E-state index is 0.109. The van der Waals surface area contributed by atoms with Gasteiger partial charge in [0.15, 0.2) is 0 Å². The van der Waals surface area contributed by atoms with Crippen LogP contribution in [-0.4, -0.2) is 64.6 Å². The third-order valence-electron chi connectivity index (χ3n) is 2.41. The maximum Gasteiger partial charge on any atom is 0.317 e. The van der Waals surface area contributed by atoms with Crippen molar-refractivity contribution in [3.8, 4) is 0 Å². The van der Waals surface area contributed by atoms with Gasteiger partial charge in [-0.25, -0.2) is 4.79 Å². The molecule has 0 saturated carbocycles. The number of aliphatic hydroxyl groups is 2. The summed E-state index contributed by atoms with van der Waals surface area (Å²) < 4.78 is 0. The van der Waals surface area contributed by atoms with Gasteiger partial charge < -0.3 is 25.5 Å². The summed E-state index contributed by atoms with van der Waals surface area (Å²) in [5, 5.41) is 28.9. The van der Waals surface area contributed by atoms with E-state index in [2.05, 4.69) is 5.32 Å². The van der Waals surface area contributed by atoms with E-state index >= 15 is 0 Å². The minimum atomic E-state index is -0.968. The fourth-order valence-electron chi connectivity index (χ4n) is 1.61. The molecule has 2 amide bonds. The topological polar surface area (TPSA) is 110 Å². The molecule has 0 rings (SSSR count). The molecule has 0 heterocycles. The lowest BCUT2D eigenvalue weighted by Crippen LogP contribution is -2.47. The maximum absolute atomic E-state index is 11.8. The van der Waals surface area contributed by atoms with E-state index in [9.17, 15) is 9.59 Å². The van der Waals surface area contributed by atoms with Crippen LogP contribution in [0.5, 0.6) is 0 Å². The molecule has 0 spiro atoms. The Morgan fingerprint density at radius 3 is 2.17 bits per heavy atom. The first-order valence-corrected chi connectivity index (χ1v) is 6.04. The fraction of sp³-hybridized carbons (Fsp3) is 0.818. The summed E-state index contributed by atoms with van der Waals surface area (Å²) in [6, 6.07) is -0.891. The molecule has 0 saturated heterocycles. The van der Waals surface area contributed by atoms with E-state index in [-0.39, 0.29) is 32.7 Å². The number of hydrogen-bond acceptors (Lipinski definition) is 4. The molecule has 4 N–H and O–H groups in total. The molecular weight excluding hydrogens is 240 g/mol. The van der Waals surface area contributed by atoms with Gasteiger partial charge in [-0.15, -0.1) is 0 Å². The van der Waals surface area contributed by atoms with Gasteiger partial charge in [-0.1, -0.05) is 13.3 Å². The molecule has 0 aliphatic carbocycles. The predicted molar refractivity (Wildman–Crippen MR) is 65.2 cm³/mol. The Bertz CT molecular complexity index is 254. The van der Waals surface area contributed by atoms with Crippen molar-refractivity contribution in [3.05, 3.63) is 0 Å². The molecular formula is C11H22N2O5. The number of aliphatic hydroxyl groups excluding tert-OH is 2. The Kier molecular flexibility index (Phi) is 8.95. The monoisotopic (exact) mass is 262 g/mol. The van der Waals surface area contributed by atoms with E-state index in [1.54, 1.807) is 0 Å². The van der Waals surface area contributed by atoms with Gasteiger partial charge in [0.05, 0.1) is 19.6 Å². The average molecular weight is 262 g/mol. The van der Waals surface area contributed by atoms with Crippen molar-refractivity contribution < 1.29 is 24.9 Å². The highest BCUT2D eigenvalue weighted by atomic mass is 16.4. The van der Waals surface area contributed by atoms with Crippen LogP contribution in [0.15, 0.2) is 0 Å². The number of rotatable bonds is 9. The van der Waals surface area contributed by atoms with Crippen LogP contribution in [0, 0.1) is 0 Å². The summed E-state index contributed by atoms with van der Waals surface area (Å²) in [6.45, 7) is 1.71. The molecule has 0 aromatic rings. The second-order valence-electron chi connectivity index (χ2n) is 3.97. The number of urea groups is 1. The van der Waals surface area contributed by atoms with Crippen molar-refractivity contribution in [2.24, 2.45) is 0 Å². The summed E-state index contributed by atoms with van der Waals surface area (Å²) in [4.78, 5) is 23.7. The van der Waals surface area contributed by atoms with Crippen LogP contribution in [0.4, 0.5) is 4.79 Å². The fourth-order valence-corrected chi connectivity index (χ4v) is 1.61. The van der Waals surface area contributed by atoms with Crippen LogP contribution in [0.25, 0.3) is 0 Å². The minimum Gasteiger partial charge on any atom is -0.481 e. The lowest BCUT2D eigenvalue weighted by atomic mass is 10.1. The lowest BCUT2D eigenvalue weighted by molar-refractivity contribution is -0.137. The molecule has 0 aliphatic heterocycles. The number of amides is 2. The van der Waals surface area contributed by atoms with Gasteiger partial charge in [0.25, 0.3) is 0 Å². The average Bonchev–Trinajstić information content (AvgIpc) is 2.28. The molecule has 0 radical (unpaired) electrons. The first kappa shape index (κ1) is 16.7. The van der Waals surface area contributed by atoms with E-state index in [0.29, 0.717) is 6.42 Å². The highest BCUT2D eigenvalue weighted by molar-refractivity contribution is 5.76. The third-order valence-corrected chi connectivity index (χ3v) is 2.41. The highest BCUT2D eigenvalue weighted by Crippen LogP contribution is 2.03.